The summed E-state index contributed by atoms with van der Waals surface area (Å²) < 4.78 is 1.98. The van der Waals surface area contributed by atoms with Crippen LogP contribution in [0.5, 0.6) is 0 Å². The highest BCUT2D eigenvalue weighted by atomic mass is 35.5. The summed E-state index contributed by atoms with van der Waals surface area (Å²) in [4.78, 5) is 8.97. The van der Waals surface area contributed by atoms with Crippen molar-refractivity contribution in [2.75, 3.05) is 6.54 Å². The van der Waals surface area contributed by atoms with E-state index in [2.05, 4.69) is 9.97 Å². The molecule has 0 radical (unpaired) electrons. The number of rotatable bonds is 3. The summed E-state index contributed by atoms with van der Waals surface area (Å²) >= 11 is 6.25. The Morgan fingerprint density at radius 1 is 1.16 bits per heavy atom. The lowest BCUT2D eigenvalue weighted by Crippen LogP contribution is -2.10. The standard InChI is InChI=1S/C14H13ClN4/c15-10-4-3-9-17-14(10)19-12-6-2-1-5-11(12)18-13(19)7-8-16/h1-6,9H,7-8,16H2. The highest BCUT2D eigenvalue weighted by Crippen LogP contribution is 2.25. The Bertz CT molecular complexity index is 720. The van der Waals surface area contributed by atoms with Gasteiger partial charge in [-0.05, 0) is 30.8 Å². The number of nitrogens with zero attached hydrogens (tertiary/aromatic N) is 3. The van der Waals surface area contributed by atoms with Crippen LogP contribution in [0.4, 0.5) is 0 Å². The van der Waals surface area contributed by atoms with E-state index in [0.29, 0.717) is 23.8 Å². The minimum Gasteiger partial charge on any atom is -0.330 e. The van der Waals surface area contributed by atoms with Crippen molar-refractivity contribution in [1.82, 2.24) is 14.5 Å². The van der Waals surface area contributed by atoms with Crippen molar-refractivity contribution in [2.45, 2.75) is 6.42 Å². The van der Waals surface area contributed by atoms with Crippen molar-refractivity contribution in [3.63, 3.8) is 0 Å². The van der Waals surface area contributed by atoms with Crippen LogP contribution in [0.15, 0.2) is 42.6 Å². The lowest BCUT2D eigenvalue weighted by atomic mass is 10.3. The highest BCUT2D eigenvalue weighted by molar-refractivity contribution is 6.32. The van der Waals surface area contributed by atoms with Crippen LogP contribution < -0.4 is 5.73 Å². The molecule has 96 valence electrons. The van der Waals surface area contributed by atoms with Gasteiger partial charge in [-0.3, -0.25) is 4.57 Å². The van der Waals surface area contributed by atoms with E-state index in [4.69, 9.17) is 17.3 Å². The number of fused-ring (bicyclic) bond motifs is 1. The normalized spacial score (nSPS) is 11.1. The van der Waals surface area contributed by atoms with Crippen molar-refractivity contribution in [1.29, 1.82) is 0 Å². The molecule has 0 unspecified atom stereocenters. The molecule has 0 bridgehead atoms. The topological polar surface area (TPSA) is 56.7 Å². The van der Waals surface area contributed by atoms with Gasteiger partial charge < -0.3 is 5.73 Å². The van der Waals surface area contributed by atoms with E-state index in [1.54, 1.807) is 6.20 Å². The quantitative estimate of drug-likeness (QED) is 0.797. The number of halogens is 1. The monoisotopic (exact) mass is 272 g/mol. The molecule has 0 atom stereocenters. The summed E-state index contributed by atoms with van der Waals surface area (Å²) in [6.07, 6.45) is 2.41. The molecule has 3 aromatic rings. The predicted octanol–water partition coefficient (Wildman–Crippen LogP) is 2.58. The average Bonchev–Trinajstić information content (AvgIpc) is 2.78. The Hall–Kier alpha value is -1.91. The first-order valence-electron chi connectivity index (χ1n) is 6.08. The lowest BCUT2D eigenvalue weighted by molar-refractivity contribution is 0.835. The third-order valence-electron chi connectivity index (χ3n) is 2.95. The molecular weight excluding hydrogens is 260 g/mol. The molecule has 0 saturated carbocycles. The fourth-order valence-electron chi connectivity index (χ4n) is 2.15. The SMILES string of the molecule is NCCc1nc2ccccc2n1-c1ncccc1Cl. The van der Waals surface area contributed by atoms with Gasteiger partial charge in [-0.15, -0.1) is 0 Å². The maximum atomic E-state index is 6.25. The van der Waals surface area contributed by atoms with Gasteiger partial charge in [0.2, 0.25) is 0 Å². The van der Waals surface area contributed by atoms with E-state index in [-0.39, 0.29) is 0 Å². The number of benzene rings is 1. The third-order valence-corrected chi connectivity index (χ3v) is 3.24. The average molecular weight is 273 g/mol. The highest BCUT2D eigenvalue weighted by Gasteiger charge is 2.14. The number of para-hydroxylation sites is 2. The summed E-state index contributed by atoms with van der Waals surface area (Å²) in [6, 6.07) is 11.6. The maximum Gasteiger partial charge on any atom is 0.157 e. The van der Waals surface area contributed by atoms with Crippen molar-refractivity contribution in [2.24, 2.45) is 5.73 Å². The van der Waals surface area contributed by atoms with Crippen LogP contribution in [0.2, 0.25) is 5.02 Å². The molecule has 5 heteroatoms. The van der Waals surface area contributed by atoms with Crippen LogP contribution in [0.25, 0.3) is 16.9 Å². The second kappa shape index (κ2) is 4.99. The van der Waals surface area contributed by atoms with E-state index in [9.17, 15) is 0 Å². The molecule has 0 aliphatic heterocycles. The number of hydrogen-bond donors (Lipinski definition) is 1. The maximum absolute atomic E-state index is 6.25. The fraction of sp³-hybridized carbons (Fsp3) is 0.143. The Morgan fingerprint density at radius 2 is 2.00 bits per heavy atom. The number of aromatic nitrogens is 3. The Kier molecular flexibility index (Phi) is 3.19. The molecule has 2 aromatic heterocycles. The molecule has 0 aliphatic carbocycles. The van der Waals surface area contributed by atoms with Gasteiger partial charge in [0, 0.05) is 12.6 Å². The zero-order valence-corrected chi connectivity index (χ0v) is 11.0. The smallest absolute Gasteiger partial charge is 0.157 e. The van der Waals surface area contributed by atoms with Crippen LogP contribution in [0.3, 0.4) is 0 Å². The predicted molar refractivity (Wildman–Crippen MR) is 76.6 cm³/mol. The molecule has 4 nitrogen and oxygen atoms in total. The van der Waals surface area contributed by atoms with E-state index in [0.717, 1.165) is 16.9 Å². The van der Waals surface area contributed by atoms with Crippen LogP contribution in [0.1, 0.15) is 5.82 Å². The summed E-state index contributed by atoms with van der Waals surface area (Å²) in [5, 5.41) is 0.601. The second-order valence-corrected chi connectivity index (χ2v) is 4.61. The van der Waals surface area contributed by atoms with Crippen molar-refractivity contribution >= 4 is 22.6 Å². The van der Waals surface area contributed by atoms with Gasteiger partial charge in [0.25, 0.3) is 0 Å². The fourth-order valence-corrected chi connectivity index (χ4v) is 2.36. The summed E-state index contributed by atoms with van der Waals surface area (Å²) in [7, 11) is 0. The zero-order chi connectivity index (χ0) is 13.2. The molecule has 1 aromatic carbocycles. The van der Waals surface area contributed by atoms with E-state index >= 15 is 0 Å². The summed E-state index contributed by atoms with van der Waals surface area (Å²) in [5.41, 5.74) is 7.58. The zero-order valence-electron chi connectivity index (χ0n) is 10.3. The minimum absolute atomic E-state index is 0.535. The molecule has 0 aliphatic rings. The number of imidazole rings is 1. The Morgan fingerprint density at radius 3 is 2.79 bits per heavy atom. The Balaban J connectivity index is 2.31. The van der Waals surface area contributed by atoms with E-state index < -0.39 is 0 Å². The van der Waals surface area contributed by atoms with Crippen molar-refractivity contribution in [3.8, 4) is 5.82 Å². The van der Waals surface area contributed by atoms with Crippen molar-refractivity contribution < 1.29 is 0 Å². The number of pyridine rings is 1. The molecule has 0 saturated heterocycles. The molecule has 19 heavy (non-hydrogen) atoms. The van der Waals surface area contributed by atoms with Gasteiger partial charge in [-0.1, -0.05) is 23.7 Å². The van der Waals surface area contributed by atoms with Gasteiger partial charge in [-0.25, -0.2) is 9.97 Å². The van der Waals surface area contributed by atoms with Gasteiger partial charge in [0.1, 0.15) is 5.82 Å². The summed E-state index contributed by atoms with van der Waals surface area (Å²) in [6.45, 7) is 0.535. The van der Waals surface area contributed by atoms with Crippen LogP contribution >= 0.6 is 11.6 Å². The van der Waals surface area contributed by atoms with Gasteiger partial charge in [0.05, 0.1) is 16.1 Å². The molecule has 2 heterocycles. The molecule has 3 rings (SSSR count). The van der Waals surface area contributed by atoms with Gasteiger partial charge in [0.15, 0.2) is 5.82 Å². The van der Waals surface area contributed by atoms with Gasteiger partial charge in [-0.2, -0.15) is 0 Å². The lowest BCUT2D eigenvalue weighted by Gasteiger charge is -2.09. The number of hydrogen-bond acceptors (Lipinski definition) is 3. The van der Waals surface area contributed by atoms with E-state index in [1.807, 2.05) is 41.0 Å². The molecule has 0 spiro atoms. The minimum atomic E-state index is 0.535. The number of nitrogens with two attached hydrogens (primary N) is 1. The summed E-state index contributed by atoms with van der Waals surface area (Å²) in [5.74, 6) is 1.57. The first kappa shape index (κ1) is 12.1. The van der Waals surface area contributed by atoms with Gasteiger partial charge >= 0.3 is 0 Å². The third kappa shape index (κ3) is 2.09. The van der Waals surface area contributed by atoms with Crippen molar-refractivity contribution in [3.05, 3.63) is 53.4 Å². The van der Waals surface area contributed by atoms with Crippen LogP contribution in [-0.4, -0.2) is 21.1 Å². The van der Waals surface area contributed by atoms with Crippen LogP contribution in [0, 0.1) is 0 Å². The van der Waals surface area contributed by atoms with Crippen LogP contribution in [-0.2, 0) is 6.42 Å². The first-order valence-corrected chi connectivity index (χ1v) is 6.46. The van der Waals surface area contributed by atoms with E-state index in [1.165, 1.54) is 0 Å². The largest absolute Gasteiger partial charge is 0.330 e. The Labute approximate surface area is 115 Å². The molecular formula is C14H13ClN4. The first-order chi connectivity index (χ1) is 9.31. The molecule has 0 amide bonds. The molecule has 2 N–H and O–H groups in total. The molecule has 0 fully saturated rings. The second-order valence-electron chi connectivity index (χ2n) is 4.20.